The maximum atomic E-state index is 14.6. The molecule has 222 valence electrons. The summed E-state index contributed by atoms with van der Waals surface area (Å²) in [6.07, 6.45) is 3.01. The summed E-state index contributed by atoms with van der Waals surface area (Å²) in [6.45, 7) is 12.8. The zero-order chi connectivity index (χ0) is 30.6. The average molecular weight is 588 g/mol. The number of sulfonamides is 1. The maximum absolute atomic E-state index is 14.6. The van der Waals surface area contributed by atoms with Gasteiger partial charge in [-0.3, -0.25) is 0 Å². The molecular weight excluding hydrogens is 548 g/mol. The molecule has 3 rings (SSSR count). The van der Waals surface area contributed by atoms with Crippen LogP contribution >= 0.6 is 0 Å². The molecule has 0 heterocycles. The summed E-state index contributed by atoms with van der Waals surface area (Å²) in [5.41, 5.74) is 0.0408. The molecule has 1 saturated carbocycles. The van der Waals surface area contributed by atoms with E-state index < -0.39 is 38.5 Å². The van der Waals surface area contributed by atoms with E-state index >= 15 is 0 Å². The van der Waals surface area contributed by atoms with E-state index in [1.54, 1.807) is 25.1 Å². The number of rotatable bonds is 10. The van der Waals surface area contributed by atoms with Crippen LogP contribution in [0.5, 0.6) is 0 Å². The summed E-state index contributed by atoms with van der Waals surface area (Å²) in [7, 11) is -0.906. The molecule has 0 spiro atoms. The number of carbonyl (C=O) groups is 1. The Morgan fingerprint density at radius 2 is 1.76 bits per heavy atom. The number of hydrogen-bond donors (Lipinski definition) is 2. The average Bonchev–Trinajstić information content (AvgIpc) is 3.15. The van der Waals surface area contributed by atoms with Crippen molar-refractivity contribution in [2.75, 3.05) is 32.5 Å². The third-order valence-electron chi connectivity index (χ3n) is 8.46. The molecule has 41 heavy (non-hydrogen) atoms. The minimum absolute atomic E-state index is 0.0459. The van der Waals surface area contributed by atoms with Crippen LogP contribution in [0.1, 0.15) is 46.1 Å². The summed E-state index contributed by atoms with van der Waals surface area (Å²) in [4.78, 5) is 11.7. The molecule has 1 aliphatic carbocycles. The number of halogens is 2. The Hall–Kier alpha value is -3.44. The van der Waals surface area contributed by atoms with Gasteiger partial charge in [-0.05, 0) is 77.6 Å². The first-order valence-electron chi connectivity index (χ1n) is 13.5. The maximum Gasteiger partial charge on any atom is 0.318 e. The second-order valence-electron chi connectivity index (χ2n) is 11.0. The van der Waals surface area contributed by atoms with E-state index in [1.165, 1.54) is 48.7 Å². The van der Waals surface area contributed by atoms with Crippen molar-refractivity contribution in [3.8, 4) is 0 Å². The molecular formula is C30H39F2N5O3S. The van der Waals surface area contributed by atoms with E-state index in [4.69, 9.17) is 0 Å². The van der Waals surface area contributed by atoms with Gasteiger partial charge in [0.1, 0.15) is 11.6 Å². The highest BCUT2D eigenvalue weighted by atomic mass is 32.2. The number of nitrogens with one attached hydrogen (secondary N) is 2. The minimum Gasteiger partial charge on any atom is -0.341 e. The SMILES string of the molecule is C=C(/C=C(\N=NC)c1c(F)cccc1F)C1CCC(C)(CN(CC)S(=O)(=O)c2ccc(NC(=O)NC)cc2)C1(C)C. The second-order valence-corrected chi connectivity index (χ2v) is 13.0. The molecule has 2 aromatic rings. The lowest BCUT2D eigenvalue weighted by Gasteiger charge is -2.44. The predicted molar refractivity (Wildman–Crippen MR) is 158 cm³/mol. The molecule has 8 nitrogen and oxygen atoms in total. The normalized spacial score (nSPS) is 20.9. The van der Waals surface area contributed by atoms with Crippen LogP contribution in [0.15, 0.2) is 75.8 Å². The number of amides is 2. The van der Waals surface area contributed by atoms with Gasteiger partial charge < -0.3 is 10.6 Å². The van der Waals surface area contributed by atoms with Crippen molar-refractivity contribution in [3.05, 3.63) is 77.9 Å². The third kappa shape index (κ3) is 6.56. The van der Waals surface area contributed by atoms with Gasteiger partial charge in [0.15, 0.2) is 0 Å². The van der Waals surface area contributed by atoms with Crippen LogP contribution in [0.2, 0.25) is 0 Å². The molecule has 2 atom stereocenters. The Kier molecular flexibility index (Phi) is 9.86. The summed E-state index contributed by atoms with van der Waals surface area (Å²) >= 11 is 0. The standard InChI is InChI=1S/C30H39F2N5O3S/c1-8-37(41(39,40)22-14-12-21(13-15-22)35-28(38)33-6)19-30(5)17-16-23(29(30,3)4)20(2)18-26(36-34-7)27-24(31)10-9-11-25(27)32/h9-15,18,23H,2,8,16-17,19H2,1,3-7H3,(H2,33,35,38)/b26-18-,36-34?. The summed E-state index contributed by atoms with van der Waals surface area (Å²) < 4.78 is 57.9. The minimum atomic E-state index is -3.83. The predicted octanol–water partition coefficient (Wildman–Crippen LogP) is 6.85. The molecule has 2 amide bonds. The van der Waals surface area contributed by atoms with Crippen LogP contribution in [-0.4, -0.2) is 45.9 Å². The number of azo groups is 1. The molecule has 1 fully saturated rings. The highest BCUT2D eigenvalue weighted by Crippen LogP contribution is 2.58. The zero-order valence-corrected chi connectivity index (χ0v) is 25.3. The molecule has 0 radical (unpaired) electrons. The summed E-state index contributed by atoms with van der Waals surface area (Å²) in [6, 6.07) is 9.28. The molecule has 0 aliphatic heterocycles. The van der Waals surface area contributed by atoms with Gasteiger partial charge in [0.25, 0.3) is 0 Å². The van der Waals surface area contributed by atoms with E-state index in [0.29, 0.717) is 17.7 Å². The van der Waals surface area contributed by atoms with Crippen molar-refractivity contribution < 1.29 is 22.0 Å². The van der Waals surface area contributed by atoms with Gasteiger partial charge in [-0.15, -0.1) is 0 Å². The van der Waals surface area contributed by atoms with E-state index in [9.17, 15) is 22.0 Å². The lowest BCUT2D eigenvalue weighted by atomic mass is 9.64. The van der Waals surface area contributed by atoms with Gasteiger partial charge >= 0.3 is 6.03 Å². The van der Waals surface area contributed by atoms with Gasteiger partial charge in [-0.2, -0.15) is 14.5 Å². The first-order chi connectivity index (χ1) is 19.2. The van der Waals surface area contributed by atoms with Crippen LogP contribution in [0.4, 0.5) is 19.3 Å². The molecule has 2 N–H and O–H groups in total. The highest BCUT2D eigenvalue weighted by Gasteiger charge is 2.53. The van der Waals surface area contributed by atoms with Gasteiger partial charge in [-0.25, -0.2) is 22.0 Å². The van der Waals surface area contributed by atoms with E-state index in [0.717, 1.165) is 6.42 Å². The first-order valence-corrected chi connectivity index (χ1v) is 14.9. The van der Waals surface area contributed by atoms with Crippen LogP contribution in [0.3, 0.4) is 0 Å². The summed E-state index contributed by atoms with van der Waals surface area (Å²) in [5, 5.41) is 12.8. The van der Waals surface area contributed by atoms with Crippen molar-refractivity contribution in [2.24, 2.45) is 27.0 Å². The van der Waals surface area contributed by atoms with E-state index in [1.807, 2.05) is 0 Å². The molecule has 11 heteroatoms. The highest BCUT2D eigenvalue weighted by molar-refractivity contribution is 7.89. The Morgan fingerprint density at radius 3 is 2.29 bits per heavy atom. The fraction of sp³-hybridized carbons (Fsp3) is 0.433. The lowest BCUT2D eigenvalue weighted by molar-refractivity contribution is 0.0803. The smallest absolute Gasteiger partial charge is 0.318 e. The number of anilines is 1. The van der Waals surface area contributed by atoms with Crippen molar-refractivity contribution in [1.29, 1.82) is 0 Å². The Bertz CT molecular complexity index is 1430. The number of urea groups is 1. The molecule has 0 bridgehead atoms. The third-order valence-corrected chi connectivity index (χ3v) is 10.4. The van der Waals surface area contributed by atoms with E-state index in [2.05, 4.69) is 48.2 Å². The van der Waals surface area contributed by atoms with Gasteiger partial charge in [-0.1, -0.05) is 40.3 Å². The van der Waals surface area contributed by atoms with Gasteiger partial charge in [0.2, 0.25) is 10.0 Å². The first kappa shape index (κ1) is 32.1. The van der Waals surface area contributed by atoms with Crippen LogP contribution in [0.25, 0.3) is 5.70 Å². The largest absolute Gasteiger partial charge is 0.341 e. The number of allylic oxidation sites excluding steroid dienone is 2. The van der Waals surface area contributed by atoms with Crippen molar-refractivity contribution in [3.63, 3.8) is 0 Å². The second kappa shape index (κ2) is 12.6. The molecule has 0 saturated heterocycles. The quantitative estimate of drug-likeness (QED) is 0.235. The number of benzene rings is 2. The molecule has 2 unspecified atom stereocenters. The Labute approximate surface area is 241 Å². The fourth-order valence-electron chi connectivity index (χ4n) is 5.58. The Morgan fingerprint density at radius 1 is 1.15 bits per heavy atom. The Balaban J connectivity index is 1.87. The molecule has 1 aliphatic rings. The van der Waals surface area contributed by atoms with Crippen molar-refractivity contribution >= 4 is 27.4 Å². The van der Waals surface area contributed by atoms with Crippen LogP contribution in [0, 0.1) is 28.4 Å². The molecule has 2 aromatic carbocycles. The number of nitrogens with zero attached hydrogens (tertiary/aromatic N) is 3. The monoisotopic (exact) mass is 587 g/mol. The van der Waals surface area contributed by atoms with Crippen molar-refractivity contribution in [2.45, 2.75) is 45.4 Å². The number of carbonyl (C=O) groups excluding carboxylic acids is 1. The topological polar surface area (TPSA) is 103 Å². The lowest BCUT2D eigenvalue weighted by Crippen LogP contribution is -2.46. The van der Waals surface area contributed by atoms with Crippen LogP contribution < -0.4 is 10.6 Å². The number of hydrogen-bond acceptors (Lipinski definition) is 5. The zero-order valence-electron chi connectivity index (χ0n) is 24.5. The van der Waals surface area contributed by atoms with E-state index in [-0.39, 0.29) is 35.2 Å². The fourth-order valence-corrected chi connectivity index (χ4v) is 7.16. The molecule has 0 aromatic heterocycles. The van der Waals surface area contributed by atoms with Crippen molar-refractivity contribution in [1.82, 2.24) is 9.62 Å². The summed E-state index contributed by atoms with van der Waals surface area (Å²) in [5.74, 6) is -1.58. The van der Waals surface area contributed by atoms with Crippen LogP contribution in [-0.2, 0) is 10.0 Å². The van der Waals surface area contributed by atoms with Gasteiger partial charge in [0.05, 0.1) is 16.2 Å². The van der Waals surface area contributed by atoms with Gasteiger partial charge in [0, 0.05) is 32.9 Å².